The van der Waals surface area contributed by atoms with Crippen molar-refractivity contribution < 1.29 is 14.4 Å². The van der Waals surface area contributed by atoms with E-state index in [-0.39, 0.29) is 23.1 Å². The molecule has 5 rings (SSSR count). The number of likely N-dealkylation sites (tertiary alicyclic amines) is 1. The van der Waals surface area contributed by atoms with Gasteiger partial charge in [-0.1, -0.05) is 35.9 Å². The SMILES string of the molecule is O=C(Nc1ccccc1C(=O)Nc1ccc(Cl)cn1)c1ccc(C2(CCN3CCCC3=O)CC2)cc1. The standard InChI is InChI=1S/C28H27ClN4O3/c29-21-11-12-24(30-18-21)32-27(36)22-4-1-2-5-23(22)31-26(35)19-7-9-20(10-8-19)28(13-14-28)15-17-33-16-3-6-25(33)34/h1-2,4-5,7-12,18H,3,6,13-17H2,(H,31,35)(H,30,32,36). The molecule has 7 nitrogen and oxygen atoms in total. The summed E-state index contributed by atoms with van der Waals surface area (Å²) >= 11 is 5.85. The topological polar surface area (TPSA) is 91.4 Å². The van der Waals surface area contributed by atoms with Crippen molar-refractivity contribution in [1.29, 1.82) is 0 Å². The molecule has 3 aromatic rings. The number of rotatable bonds is 8. The van der Waals surface area contributed by atoms with Gasteiger partial charge in [0.05, 0.1) is 16.3 Å². The lowest BCUT2D eigenvalue weighted by Crippen LogP contribution is -2.28. The van der Waals surface area contributed by atoms with Gasteiger partial charge in [0, 0.05) is 31.3 Å². The Morgan fingerprint density at radius 1 is 0.972 bits per heavy atom. The number of para-hydroxylation sites is 1. The van der Waals surface area contributed by atoms with E-state index in [4.69, 9.17) is 11.6 Å². The Hall–Kier alpha value is -3.71. The number of anilines is 2. The molecule has 2 N–H and O–H groups in total. The molecule has 8 heteroatoms. The van der Waals surface area contributed by atoms with Crippen LogP contribution in [-0.4, -0.2) is 40.7 Å². The predicted molar refractivity (Wildman–Crippen MR) is 139 cm³/mol. The first-order valence-electron chi connectivity index (χ1n) is 12.2. The Morgan fingerprint density at radius 2 is 1.75 bits per heavy atom. The largest absolute Gasteiger partial charge is 0.343 e. The van der Waals surface area contributed by atoms with E-state index in [0.29, 0.717) is 34.1 Å². The number of benzene rings is 2. The molecule has 1 aromatic heterocycles. The van der Waals surface area contributed by atoms with Crippen LogP contribution in [0, 0.1) is 0 Å². The van der Waals surface area contributed by atoms with Gasteiger partial charge in [-0.25, -0.2) is 4.98 Å². The molecule has 0 unspecified atom stereocenters. The number of amides is 3. The van der Waals surface area contributed by atoms with E-state index in [1.165, 1.54) is 11.8 Å². The first kappa shape index (κ1) is 24.0. The molecule has 1 saturated heterocycles. The zero-order chi connectivity index (χ0) is 25.1. The molecule has 1 saturated carbocycles. The van der Waals surface area contributed by atoms with Crippen LogP contribution >= 0.6 is 11.6 Å². The number of pyridine rings is 1. The lowest BCUT2D eigenvalue weighted by atomic mass is 9.91. The summed E-state index contributed by atoms with van der Waals surface area (Å²) in [5.41, 5.74) is 2.57. The number of carbonyl (C=O) groups is 3. The molecule has 2 aliphatic rings. The molecule has 0 atom stereocenters. The summed E-state index contributed by atoms with van der Waals surface area (Å²) in [6.45, 7) is 1.66. The summed E-state index contributed by atoms with van der Waals surface area (Å²) < 4.78 is 0. The molecule has 1 aliphatic carbocycles. The summed E-state index contributed by atoms with van der Waals surface area (Å²) in [5, 5.41) is 6.05. The van der Waals surface area contributed by atoms with E-state index >= 15 is 0 Å². The quantitative estimate of drug-likeness (QED) is 0.438. The van der Waals surface area contributed by atoms with Gasteiger partial charge in [0.2, 0.25) is 5.91 Å². The second-order valence-corrected chi connectivity index (χ2v) is 9.84. The van der Waals surface area contributed by atoms with Crippen molar-refractivity contribution in [3.8, 4) is 0 Å². The number of nitrogens with one attached hydrogen (secondary N) is 2. The summed E-state index contributed by atoms with van der Waals surface area (Å²) in [6.07, 6.45) is 6.23. The second kappa shape index (κ2) is 10.1. The van der Waals surface area contributed by atoms with Gasteiger partial charge in [-0.3, -0.25) is 14.4 Å². The van der Waals surface area contributed by atoms with Crippen LogP contribution in [-0.2, 0) is 10.2 Å². The van der Waals surface area contributed by atoms with E-state index in [1.54, 1.807) is 36.4 Å². The van der Waals surface area contributed by atoms with Crippen LogP contribution in [0.25, 0.3) is 0 Å². The zero-order valence-corrected chi connectivity index (χ0v) is 20.6. The molecule has 0 bridgehead atoms. The molecule has 0 spiro atoms. The third-order valence-electron chi connectivity index (χ3n) is 7.03. The third kappa shape index (κ3) is 5.26. The van der Waals surface area contributed by atoms with Gasteiger partial charge in [0.25, 0.3) is 11.8 Å². The van der Waals surface area contributed by atoms with Crippen molar-refractivity contribution in [2.24, 2.45) is 0 Å². The highest BCUT2D eigenvalue weighted by Gasteiger charge is 2.44. The highest BCUT2D eigenvalue weighted by Crippen LogP contribution is 2.51. The zero-order valence-electron chi connectivity index (χ0n) is 19.8. The Balaban J connectivity index is 1.24. The van der Waals surface area contributed by atoms with Crippen LogP contribution in [0.5, 0.6) is 0 Å². The summed E-state index contributed by atoms with van der Waals surface area (Å²) in [4.78, 5) is 43.8. The van der Waals surface area contributed by atoms with Crippen molar-refractivity contribution in [1.82, 2.24) is 9.88 Å². The lowest BCUT2D eigenvalue weighted by Gasteiger charge is -2.21. The Labute approximate surface area is 214 Å². The molecule has 2 aromatic carbocycles. The fourth-order valence-electron chi connectivity index (χ4n) is 4.72. The Morgan fingerprint density at radius 3 is 2.42 bits per heavy atom. The number of hydrogen-bond donors (Lipinski definition) is 2. The Kier molecular flexibility index (Phi) is 6.74. The average Bonchev–Trinajstić information content (AvgIpc) is 3.58. The number of halogens is 1. The van der Waals surface area contributed by atoms with Gasteiger partial charge in [0.15, 0.2) is 0 Å². The van der Waals surface area contributed by atoms with E-state index in [1.807, 2.05) is 29.2 Å². The molecule has 2 heterocycles. The molecular weight excluding hydrogens is 476 g/mol. The molecule has 184 valence electrons. The van der Waals surface area contributed by atoms with E-state index < -0.39 is 0 Å². The third-order valence-corrected chi connectivity index (χ3v) is 7.26. The highest BCUT2D eigenvalue weighted by molar-refractivity contribution is 6.30. The van der Waals surface area contributed by atoms with Gasteiger partial charge in [-0.05, 0) is 73.1 Å². The maximum absolute atomic E-state index is 13.0. The minimum absolute atomic E-state index is 0.109. The fraction of sp³-hybridized carbons (Fsp3) is 0.286. The van der Waals surface area contributed by atoms with Gasteiger partial charge >= 0.3 is 0 Å². The maximum atomic E-state index is 13.0. The predicted octanol–water partition coefficient (Wildman–Crippen LogP) is 5.28. The average molecular weight is 503 g/mol. The molecule has 1 aliphatic heterocycles. The van der Waals surface area contributed by atoms with Crippen molar-refractivity contribution in [2.75, 3.05) is 23.7 Å². The molecular formula is C28H27ClN4O3. The van der Waals surface area contributed by atoms with Gasteiger partial charge in [0.1, 0.15) is 5.82 Å². The van der Waals surface area contributed by atoms with Gasteiger partial charge in [-0.15, -0.1) is 0 Å². The second-order valence-electron chi connectivity index (χ2n) is 9.41. The number of carbonyl (C=O) groups excluding carboxylic acids is 3. The smallest absolute Gasteiger partial charge is 0.258 e. The van der Waals surface area contributed by atoms with Crippen LogP contribution in [0.15, 0.2) is 66.9 Å². The summed E-state index contributed by atoms with van der Waals surface area (Å²) in [7, 11) is 0. The van der Waals surface area contributed by atoms with E-state index in [0.717, 1.165) is 38.8 Å². The molecule has 3 amide bonds. The number of hydrogen-bond acceptors (Lipinski definition) is 4. The van der Waals surface area contributed by atoms with Crippen LogP contribution in [0.3, 0.4) is 0 Å². The van der Waals surface area contributed by atoms with Crippen LogP contribution in [0.1, 0.15) is 58.4 Å². The van der Waals surface area contributed by atoms with E-state index in [2.05, 4.69) is 15.6 Å². The van der Waals surface area contributed by atoms with Crippen LogP contribution < -0.4 is 10.6 Å². The Bertz CT molecular complexity index is 1290. The van der Waals surface area contributed by atoms with E-state index in [9.17, 15) is 14.4 Å². The lowest BCUT2D eigenvalue weighted by molar-refractivity contribution is -0.127. The van der Waals surface area contributed by atoms with Gasteiger partial charge in [-0.2, -0.15) is 0 Å². The number of aromatic nitrogens is 1. The minimum Gasteiger partial charge on any atom is -0.343 e. The first-order chi connectivity index (χ1) is 17.4. The monoisotopic (exact) mass is 502 g/mol. The van der Waals surface area contributed by atoms with Crippen LogP contribution in [0.2, 0.25) is 5.02 Å². The molecule has 2 fully saturated rings. The number of nitrogens with zero attached hydrogens (tertiary/aromatic N) is 2. The van der Waals surface area contributed by atoms with Crippen LogP contribution in [0.4, 0.5) is 11.5 Å². The van der Waals surface area contributed by atoms with Crippen molar-refractivity contribution in [3.63, 3.8) is 0 Å². The van der Waals surface area contributed by atoms with Crippen molar-refractivity contribution in [3.05, 3.63) is 88.6 Å². The molecule has 0 radical (unpaired) electrons. The first-order valence-corrected chi connectivity index (χ1v) is 12.5. The molecule has 36 heavy (non-hydrogen) atoms. The van der Waals surface area contributed by atoms with Crippen molar-refractivity contribution in [2.45, 2.75) is 37.5 Å². The highest BCUT2D eigenvalue weighted by atomic mass is 35.5. The maximum Gasteiger partial charge on any atom is 0.258 e. The summed E-state index contributed by atoms with van der Waals surface area (Å²) in [5.74, 6) is -0.0532. The van der Waals surface area contributed by atoms with Crippen molar-refractivity contribution >= 4 is 40.8 Å². The minimum atomic E-state index is -0.386. The normalized spacial score (nSPS) is 16.0. The fourth-order valence-corrected chi connectivity index (χ4v) is 4.83. The summed E-state index contributed by atoms with van der Waals surface area (Å²) in [6, 6.07) is 17.8. The van der Waals surface area contributed by atoms with Gasteiger partial charge < -0.3 is 15.5 Å².